The van der Waals surface area contributed by atoms with Crippen molar-refractivity contribution >= 4 is 45.0 Å². The van der Waals surface area contributed by atoms with Gasteiger partial charge < -0.3 is 5.32 Å². The number of thiophene rings is 1. The van der Waals surface area contributed by atoms with Crippen LogP contribution in [0.5, 0.6) is 0 Å². The number of nitrogens with one attached hydrogen (secondary N) is 2. The molecule has 28 heavy (non-hydrogen) atoms. The Bertz CT molecular complexity index is 1090. The van der Waals surface area contributed by atoms with E-state index in [1.807, 2.05) is 17.5 Å². The number of anilines is 2. The van der Waals surface area contributed by atoms with Crippen LogP contribution in [0.2, 0.25) is 0 Å². The van der Waals surface area contributed by atoms with Crippen LogP contribution >= 0.6 is 11.3 Å². The summed E-state index contributed by atoms with van der Waals surface area (Å²) >= 11 is 1.53. The molecule has 2 heterocycles. The van der Waals surface area contributed by atoms with Gasteiger partial charge >= 0.3 is 0 Å². The van der Waals surface area contributed by atoms with Gasteiger partial charge in [0.1, 0.15) is 0 Å². The van der Waals surface area contributed by atoms with E-state index < -0.39 is 10.0 Å². The van der Waals surface area contributed by atoms with Crippen LogP contribution in [-0.2, 0) is 14.8 Å². The lowest BCUT2D eigenvalue weighted by atomic mass is 10.3. The summed E-state index contributed by atoms with van der Waals surface area (Å²) in [4.78, 5) is 21.1. The summed E-state index contributed by atoms with van der Waals surface area (Å²) in [5.41, 5.74) is 1.82. The summed E-state index contributed by atoms with van der Waals surface area (Å²) < 4.78 is 27.4. The Kier molecular flexibility index (Phi) is 5.86. The molecule has 9 heteroatoms. The molecule has 2 N–H and O–H groups in total. The van der Waals surface area contributed by atoms with Gasteiger partial charge in [0.15, 0.2) is 0 Å². The molecule has 0 fully saturated rings. The number of hydrogen-bond donors (Lipinski definition) is 2. The van der Waals surface area contributed by atoms with Gasteiger partial charge in [-0.2, -0.15) is 0 Å². The molecule has 2 aromatic heterocycles. The first-order valence-corrected chi connectivity index (χ1v) is 10.7. The molecule has 1 aromatic carbocycles. The third-order valence-electron chi connectivity index (χ3n) is 3.58. The highest BCUT2D eigenvalue weighted by Gasteiger charge is 2.16. The molecule has 0 aliphatic carbocycles. The van der Waals surface area contributed by atoms with E-state index >= 15 is 0 Å². The summed E-state index contributed by atoms with van der Waals surface area (Å²) in [7, 11) is -3.83. The fourth-order valence-corrected chi connectivity index (χ4v) is 3.96. The van der Waals surface area contributed by atoms with E-state index in [9.17, 15) is 13.2 Å². The summed E-state index contributed by atoms with van der Waals surface area (Å²) in [5, 5.41) is 4.61. The Hall–Kier alpha value is -3.04. The SMILES string of the molecule is Cc1cc(C)nc(NS(=O)(=O)c2ccc(NC(=O)C=Cc3cccs3)cc2)n1. The van der Waals surface area contributed by atoms with Gasteiger partial charge in [-0.05, 0) is 61.7 Å². The highest BCUT2D eigenvalue weighted by Crippen LogP contribution is 2.17. The Balaban J connectivity index is 1.68. The lowest BCUT2D eigenvalue weighted by Crippen LogP contribution is -2.16. The first-order valence-electron chi connectivity index (χ1n) is 8.29. The van der Waals surface area contributed by atoms with Crippen molar-refractivity contribution in [1.29, 1.82) is 0 Å². The molecule has 0 bridgehead atoms. The van der Waals surface area contributed by atoms with Crippen LogP contribution < -0.4 is 10.0 Å². The maximum absolute atomic E-state index is 12.5. The molecule has 0 atom stereocenters. The minimum absolute atomic E-state index is 0.0218. The number of sulfonamides is 1. The summed E-state index contributed by atoms with van der Waals surface area (Å²) in [5.74, 6) is -0.278. The van der Waals surface area contributed by atoms with Gasteiger partial charge in [-0.1, -0.05) is 6.07 Å². The maximum Gasteiger partial charge on any atom is 0.264 e. The molecule has 0 saturated carbocycles. The molecule has 0 aliphatic heterocycles. The second kappa shape index (κ2) is 8.32. The van der Waals surface area contributed by atoms with Crippen molar-refractivity contribution in [2.24, 2.45) is 0 Å². The normalized spacial score (nSPS) is 11.5. The number of hydrogen-bond acceptors (Lipinski definition) is 6. The molecule has 0 saturated heterocycles. The van der Waals surface area contributed by atoms with Crippen LogP contribution in [0.4, 0.5) is 11.6 Å². The predicted octanol–water partition coefficient (Wildman–Crippen LogP) is 3.61. The number of amides is 1. The summed E-state index contributed by atoms with van der Waals surface area (Å²) in [6.45, 7) is 3.52. The number of rotatable bonds is 6. The third-order valence-corrected chi connectivity index (χ3v) is 5.76. The topological polar surface area (TPSA) is 101 Å². The van der Waals surface area contributed by atoms with Gasteiger partial charge in [-0.3, -0.25) is 4.79 Å². The first kappa shape index (κ1) is 19.7. The fourth-order valence-electron chi connectivity index (χ4n) is 2.40. The third kappa shape index (κ3) is 5.24. The monoisotopic (exact) mass is 414 g/mol. The average Bonchev–Trinajstić information content (AvgIpc) is 3.13. The smallest absolute Gasteiger partial charge is 0.264 e. The lowest BCUT2D eigenvalue weighted by Gasteiger charge is -2.09. The summed E-state index contributed by atoms with van der Waals surface area (Å²) in [6.07, 6.45) is 3.14. The second-order valence-electron chi connectivity index (χ2n) is 5.94. The standard InChI is InChI=1S/C19H18N4O3S2/c1-13-12-14(2)21-19(20-13)23-28(25,26)17-8-5-15(6-9-17)22-18(24)10-7-16-4-3-11-27-16/h3-12H,1-2H3,(H,22,24)(H,20,21,23). The number of benzene rings is 1. The van der Waals surface area contributed by atoms with E-state index in [1.165, 1.54) is 41.7 Å². The van der Waals surface area contributed by atoms with Crippen LogP contribution in [0, 0.1) is 13.8 Å². The van der Waals surface area contributed by atoms with Crippen molar-refractivity contribution in [3.63, 3.8) is 0 Å². The number of carbonyl (C=O) groups excluding carboxylic acids is 1. The van der Waals surface area contributed by atoms with Gasteiger partial charge in [0.2, 0.25) is 11.9 Å². The van der Waals surface area contributed by atoms with Crippen LogP contribution in [0.1, 0.15) is 16.3 Å². The molecular formula is C19H18N4O3S2. The van der Waals surface area contributed by atoms with Crippen LogP contribution in [0.15, 0.2) is 58.8 Å². The van der Waals surface area contributed by atoms with E-state index in [0.29, 0.717) is 17.1 Å². The van der Waals surface area contributed by atoms with Crippen LogP contribution in [-0.4, -0.2) is 24.3 Å². The Labute approximate surface area is 167 Å². The molecule has 144 valence electrons. The average molecular weight is 415 g/mol. The fraction of sp³-hybridized carbons (Fsp3) is 0.105. The van der Waals surface area contributed by atoms with Crippen molar-refractivity contribution in [1.82, 2.24) is 9.97 Å². The Morgan fingerprint density at radius 1 is 1.07 bits per heavy atom. The minimum Gasteiger partial charge on any atom is -0.323 e. The number of carbonyl (C=O) groups is 1. The highest BCUT2D eigenvalue weighted by atomic mass is 32.2. The Morgan fingerprint density at radius 2 is 1.75 bits per heavy atom. The van der Waals surface area contributed by atoms with E-state index in [0.717, 1.165) is 4.88 Å². The van der Waals surface area contributed by atoms with E-state index in [-0.39, 0.29) is 16.8 Å². The van der Waals surface area contributed by atoms with E-state index in [2.05, 4.69) is 20.0 Å². The maximum atomic E-state index is 12.5. The lowest BCUT2D eigenvalue weighted by molar-refractivity contribution is -0.111. The zero-order valence-corrected chi connectivity index (χ0v) is 16.8. The number of nitrogens with zero attached hydrogens (tertiary/aromatic N) is 2. The zero-order valence-electron chi connectivity index (χ0n) is 15.2. The van der Waals surface area contributed by atoms with Gasteiger partial charge in [0.05, 0.1) is 4.90 Å². The molecule has 0 unspecified atom stereocenters. The van der Waals surface area contributed by atoms with Crippen molar-refractivity contribution in [3.05, 3.63) is 70.2 Å². The van der Waals surface area contributed by atoms with Gasteiger partial charge in [0, 0.05) is 28.0 Å². The quantitative estimate of drug-likeness (QED) is 0.600. The molecule has 0 radical (unpaired) electrons. The summed E-state index contributed by atoms with van der Waals surface area (Å²) in [6, 6.07) is 11.4. The largest absolute Gasteiger partial charge is 0.323 e. The molecule has 1 amide bonds. The van der Waals surface area contributed by atoms with Crippen molar-refractivity contribution in [2.45, 2.75) is 18.7 Å². The van der Waals surface area contributed by atoms with E-state index in [1.54, 1.807) is 26.0 Å². The van der Waals surface area contributed by atoms with Crippen molar-refractivity contribution in [3.8, 4) is 0 Å². The minimum atomic E-state index is -3.83. The van der Waals surface area contributed by atoms with E-state index in [4.69, 9.17) is 0 Å². The van der Waals surface area contributed by atoms with Crippen LogP contribution in [0.25, 0.3) is 6.08 Å². The van der Waals surface area contributed by atoms with Crippen molar-refractivity contribution < 1.29 is 13.2 Å². The first-order chi connectivity index (χ1) is 13.3. The predicted molar refractivity (Wildman–Crippen MR) is 111 cm³/mol. The van der Waals surface area contributed by atoms with Crippen molar-refractivity contribution in [2.75, 3.05) is 10.0 Å². The molecular weight excluding hydrogens is 396 g/mol. The number of aromatic nitrogens is 2. The molecule has 3 aromatic rings. The highest BCUT2D eigenvalue weighted by molar-refractivity contribution is 7.92. The van der Waals surface area contributed by atoms with Gasteiger partial charge in [0.25, 0.3) is 10.0 Å². The molecule has 0 spiro atoms. The second-order valence-corrected chi connectivity index (χ2v) is 8.60. The van der Waals surface area contributed by atoms with Crippen LogP contribution in [0.3, 0.4) is 0 Å². The molecule has 3 rings (SSSR count). The Morgan fingerprint density at radius 3 is 2.36 bits per heavy atom. The molecule has 0 aliphatic rings. The van der Waals surface area contributed by atoms with Gasteiger partial charge in [-0.15, -0.1) is 11.3 Å². The van der Waals surface area contributed by atoms with Gasteiger partial charge in [-0.25, -0.2) is 23.1 Å². The zero-order chi connectivity index (χ0) is 20.1. The number of aryl methyl sites for hydroxylation is 2. The molecule has 7 nitrogen and oxygen atoms in total.